The molecule has 0 saturated carbocycles. The lowest BCUT2D eigenvalue weighted by molar-refractivity contribution is 0.0935. The van der Waals surface area contributed by atoms with Crippen LogP contribution < -0.4 is 5.32 Å². The Labute approximate surface area is 156 Å². The number of H-pyrrole nitrogens is 1. The van der Waals surface area contributed by atoms with Gasteiger partial charge in [0.15, 0.2) is 0 Å². The quantitative estimate of drug-likeness (QED) is 0.574. The minimum atomic E-state index is -0.197. The van der Waals surface area contributed by atoms with Crippen LogP contribution >= 0.6 is 0 Å². The zero-order valence-corrected chi connectivity index (χ0v) is 14.7. The van der Waals surface area contributed by atoms with Crippen molar-refractivity contribution in [2.24, 2.45) is 0 Å². The Balaban J connectivity index is 1.44. The van der Waals surface area contributed by atoms with Crippen LogP contribution in [0.4, 0.5) is 0 Å². The van der Waals surface area contributed by atoms with Crippen molar-refractivity contribution in [3.8, 4) is 16.9 Å². The van der Waals surface area contributed by atoms with Gasteiger partial charge >= 0.3 is 0 Å². The maximum atomic E-state index is 12.5. The predicted octanol–water partition coefficient (Wildman–Crippen LogP) is 3.15. The lowest BCUT2D eigenvalue weighted by Crippen LogP contribution is -2.26. The Morgan fingerprint density at radius 3 is 2.59 bits per heavy atom. The summed E-state index contributed by atoms with van der Waals surface area (Å²) in [5.74, 6) is -0.197. The van der Waals surface area contributed by atoms with Crippen LogP contribution in [0.1, 0.15) is 29.0 Å². The molecule has 7 nitrogen and oxygen atoms in total. The second-order valence-corrected chi connectivity index (χ2v) is 6.16. The van der Waals surface area contributed by atoms with E-state index in [2.05, 4.69) is 25.6 Å². The Hall–Kier alpha value is -3.74. The third kappa shape index (κ3) is 3.62. The fourth-order valence-electron chi connectivity index (χ4n) is 2.81. The number of carbonyl (C=O) groups is 1. The summed E-state index contributed by atoms with van der Waals surface area (Å²) in [6.07, 6.45) is 3.13. The van der Waals surface area contributed by atoms with E-state index in [1.54, 1.807) is 17.1 Å². The molecule has 0 spiro atoms. The molecule has 1 amide bonds. The molecule has 4 aromatic rings. The third-order valence-corrected chi connectivity index (χ3v) is 4.32. The fraction of sp³-hybridized carbons (Fsp3) is 0.100. The molecule has 2 heterocycles. The lowest BCUT2D eigenvalue weighted by Gasteiger charge is -2.14. The molecule has 7 heteroatoms. The van der Waals surface area contributed by atoms with E-state index in [1.165, 1.54) is 6.33 Å². The van der Waals surface area contributed by atoms with Gasteiger partial charge in [-0.05, 0) is 30.7 Å². The molecule has 2 aromatic heterocycles. The highest BCUT2D eigenvalue weighted by Crippen LogP contribution is 2.18. The highest BCUT2D eigenvalue weighted by atomic mass is 16.2. The van der Waals surface area contributed by atoms with E-state index in [0.29, 0.717) is 5.69 Å². The smallest absolute Gasteiger partial charge is 0.269 e. The average Bonchev–Trinajstić information content (AvgIpc) is 3.41. The van der Waals surface area contributed by atoms with E-state index in [0.717, 1.165) is 22.5 Å². The first-order valence-electron chi connectivity index (χ1n) is 8.57. The standard InChI is InChI=1S/C20H18N6O/c1-14(15-7-9-17(10-8-15)26-13-21-12-22-26)23-20(27)19-11-18(24-25-19)16-5-3-2-4-6-16/h2-14H,1H3,(H,23,27)(H,24,25). The van der Waals surface area contributed by atoms with Crippen LogP contribution in [0, 0.1) is 0 Å². The monoisotopic (exact) mass is 358 g/mol. The molecule has 1 unspecified atom stereocenters. The highest BCUT2D eigenvalue weighted by molar-refractivity contribution is 5.93. The van der Waals surface area contributed by atoms with Gasteiger partial charge in [0.2, 0.25) is 0 Å². The molecule has 0 aliphatic carbocycles. The SMILES string of the molecule is CC(NC(=O)c1cc(-c2ccccc2)n[nH]1)c1ccc(-n2cncn2)cc1. The summed E-state index contributed by atoms with van der Waals surface area (Å²) in [4.78, 5) is 16.5. The van der Waals surface area contributed by atoms with Crippen molar-refractivity contribution in [3.05, 3.63) is 84.6 Å². The third-order valence-electron chi connectivity index (χ3n) is 4.32. The normalized spacial score (nSPS) is 11.9. The minimum Gasteiger partial charge on any atom is -0.344 e. The van der Waals surface area contributed by atoms with Crippen LogP contribution in [0.2, 0.25) is 0 Å². The van der Waals surface area contributed by atoms with Gasteiger partial charge in [0, 0.05) is 5.56 Å². The summed E-state index contributed by atoms with van der Waals surface area (Å²) in [7, 11) is 0. The number of rotatable bonds is 5. The number of aromatic amines is 1. The van der Waals surface area contributed by atoms with Crippen LogP contribution in [0.3, 0.4) is 0 Å². The molecule has 0 aliphatic rings. The van der Waals surface area contributed by atoms with E-state index in [-0.39, 0.29) is 11.9 Å². The molecule has 2 aromatic carbocycles. The average molecular weight is 358 g/mol. The summed E-state index contributed by atoms with van der Waals surface area (Å²) in [5, 5.41) is 14.1. The minimum absolute atomic E-state index is 0.147. The first-order valence-corrected chi connectivity index (χ1v) is 8.57. The topological polar surface area (TPSA) is 88.5 Å². The zero-order chi connectivity index (χ0) is 18.6. The Kier molecular flexibility index (Phi) is 4.49. The van der Waals surface area contributed by atoms with Gasteiger partial charge in [0.25, 0.3) is 5.91 Å². The molecule has 4 rings (SSSR count). The van der Waals surface area contributed by atoms with Crippen molar-refractivity contribution in [2.45, 2.75) is 13.0 Å². The summed E-state index contributed by atoms with van der Waals surface area (Å²) < 4.78 is 1.68. The highest BCUT2D eigenvalue weighted by Gasteiger charge is 2.14. The van der Waals surface area contributed by atoms with E-state index < -0.39 is 0 Å². The molecule has 2 N–H and O–H groups in total. The first kappa shape index (κ1) is 16.7. The largest absolute Gasteiger partial charge is 0.344 e. The van der Waals surface area contributed by atoms with Crippen molar-refractivity contribution in [3.63, 3.8) is 0 Å². The number of benzene rings is 2. The van der Waals surface area contributed by atoms with Crippen molar-refractivity contribution < 1.29 is 4.79 Å². The van der Waals surface area contributed by atoms with Gasteiger partial charge in [-0.2, -0.15) is 10.2 Å². The Morgan fingerprint density at radius 1 is 1.11 bits per heavy atom. The number of hydrogen-bond donors (Lipinski definition) is 2. The predicted molar refractivity (Wildman–Crippen MR) is 101 cm³/mol. The van der Waals surface area contributed by atoms with Crippen LogP contribution in [0.5, 0.6) is 0 Å². The summed E-state index contributed by atoms with van der Waals surface area (Å²) in [6.45, 7) is 1.94. The molecular weight excluding hydrogens is 340 g/mol. The second-order valence-electron chi connectivity index (χ2n) is 6.16. The molecule has 0 aliphatic heterocycles. The van der Waals surface area contributed by atoms with Crippen molar-refractivity contribution in [2.75, 3.05) is 0 Å². The van der Waals surface area contributed by atoms with Crippen molar-refractivity contribution >= 4 is 5.91 Å². The number of hydrogen-bond acceptors (Lipinski definition) is 4. The van der Waals surface area contributed by atoms with Gasteiger partial charge in [0.1, 0.15) is 18.3 Å². The summed E-state index contributed by atoms with van der Waals surface area (Å²) in [6, 6.07) is 19.1. The maximum absolute atomic E-state index is 12.5. The molecule has 0 bridgehead atoms. The first-order chi connectivity index (χ1) is 13.2. The number of amides is 1. The zero-order valence-electron chi connectivity index (χ0n) is 14.7. The van der Waals surface area contributed by atoms with E-state index >= 15 is 0 Å². The molecule has 0 radical (unpaired) electrons. The number of nitrogens with zero attached hydrogens (tertiary/aromatic N) is 4. The maximum Gasteiger partial charge on any atom is 0.269 e. The van der Waals surface area contributed by atoms with Crippen LogP contribution in [0.25, 0.3) is 16.9 Å². The van der Waals surface area contributed by atoms with Gasteiger partial charge in [-0.1, -0.05) is 42.5 Å². The fourth-order valence-corrected chi connectivity index (χ4v) is 2.81. The number of nitrogens with one attached hydrogen (secondary N) is 2. The van der Waals surface area contributed by atoms with Crippen molar-refractivity contribution in [1.29, 1.82) is 0 Å². The molecular formula is C20H18N6O. The van der Waals surface area contributed by atoms with Crippen LogP contribution in [0.15, 0.2) is 73.3 Å². The van der Waals surface area contributed by atoms with Gasteiger partial charge in [0.05, 0.1) is 17.4 Å². The second kappa shape index (κ2) is 7.25. The number of aromatic nitrogens is 5. The van der Waals surface area contributed by atoms with Crippen molar-refractivity contribution in [1.82, 2.24) is 30.3 Å². The van der Waals surface area contributed by atoms with Gasteiger partial charge in [-0.3, -0.25) is 9.89 Å². The van der Waals surface area contributed by atoms with Gasteiger partial charge in [-0.15, -0.1) is 0 Å². The van der Waals surface area contributed by atoms with Crippen LogP contribution in [-0.2, 0) is 0 Å². The molecule has 1 atom stereocenters. The van der Waals surface area contributed by atoms with E-state index in [1.807, 2.05) is 61.5 Å². The molecule has 0 fully saturated rings. The lowest BCUT2D eigenvalue weighted by atomic mass is 10.1. The molecule has 0 saturated heterocycles. The summed E-state index contributed by atoms with van der Waals surface area (Å²) in [5.41, 5.74) is 4.04. The Morgan fingerprint density at radius 2 is 1.89 bits per heavy atom. The van der Waals surface area contributed by atoms with Gasteiger partial charge in [-0.25, -0.2) is 9.67 Å². The van der Waals surface area contributed by atoms with E-state index in [9.17, 15) is 4.79 Å². The molecule has 134 valence electrons. The van der Waals surface area contributed by atoms with Crippen LogP contribution in [-0.4, -0.2) is 30.9 Å². The summed E-state index contributed by atoms with van der Waals surface area (Å²) >= 11 is 0. The number of carbonyl (C=O) groups excluding carboxylic acids is 1. The van der Waals surface area contributed by atoms with E-state index in [4.69, 9.17) is 0 Å². The Bertz CT molecular complexity index is 1020. The van der Waals surface area contributed by atoms with Gasteiger partial charge < -0.3 is 5.32 Å². The molecule has 27 heavy (non-hydrogen) atoms.